The Bertz CT molecular complexity index is 803. The summed E-state index contributed by atoms with van der Waals surface area (Å²) in [6.07, 6.45) is 2.01. The van der Waals surface area contributed by atoms with Gasteiger partial charge in [0, 0.05) is 12.1 Å². The maximum absolute atomic E-state index is 12.5. The predicted molar refractivity (Wildman–Crippen MR) is 93.4 cm³/mol. The van der Waals surface area contributed by atoms with Gasteiger partial charge in [0.25, 0.3) is 0 Å². The second kappa shape index (κ2) is 6.92. The fraction of sp³-hybridized carbons (Fsp3) is 0.600. The maximum atomic E-state index is 12.5. The average molecular weight is 393 g/mol. The van der Waals surface area contributed by atoms with Gasteiger partial charge in [-0.1, -0.05) is 23.7 Å². The Balaban J connectivity index is 1.59. The van der Waals surface area contributed by atoms with Crippen LogP contribution >= 0.6 is 11.6 Å². The molecule has 2 heterocycles. The van der Waals surface area contributed by atoms with Gasteiger partial charge in [-0.2, -0.15) is 0 Å². The fourth-order valence-corrected chi connectivity index (χ4v) is 6.98. The molecule has 9 heteroatoms. The van der Waals surface area contributed by atoms with E-state index in [1.54, 1.807) is 18.2 Å². The van der Waals surface area contributed by atoms with Crippen LogP contribution in [0.3, 0.4) is 0 Å². The second-order valence-corrected chi connectivity index (χ2v) is 10.7. The van der Waals surface area contributed by atoms with Gasteiger partial charge >= 0.3 is 0 Å². The number of nitrogens with zero attached hydrogens (tertiary/aromatic N) is 1. The number of hydrogen-bond donors (Lipinski definition) is 1. The van der Waals surface area contributed by atoms with Crippen LogP contribution in [0.15, 0.2) is 29.2 Å². The average Bonchev–Trinajstić information content (AvgIpc) is 2.88. The molecule has 1 atom stereocenters. The Labute approximate surface area is 148 Å². The molecule has 0 aromatic heterocycles. The molecule has 1 N–H and O–H groups in total. The normalized spacial score (nSPS) is 25.8. The Morgan fingerprint density at radius 2 is 1.79 bits per heavy atom. The Kier molecular flexibility index (Phi) is 5.22. The minimum Gasteiger partial charge on any atom is -0.299 e. The molecule has 6 nitrogen and oxygen atoms in total. The molecule has 0 saturated carbocycles. The van der Waals surface area contributed by atoms with Crippen LogP contribution in [0.2, 0.25) is 5.02 Å². The summed E-state index contributed by atoms with van der Waals surface area (Å²) in [5.41, 5.74) is 0. The lowest BCUT2D eigenvalue weighted by Crippen LogP contribution is -2.48. The van der Waals surface area contributed by atoms with E-state index in [0.717, 1.165) is 0 Å². The lowest BCUT2D eigenvalue weighted by Gasteiger charge is -2.35. The van der Waals surface area contributed by atoms with Crippen LogP contribution in [0, 0.1) is 0 Å². The van der Waals surface area contributed by atoms with E-state index < -0.39 is 19.9 Å². The molecule has 0 spiro atoms. The molecule has 2 saturated heterocycles. The highest BCUT2D eigenvalue weighted by molar-refractivity contribution is 7.91. The third-order valence-electron chi connectivity index (χ3n) is 4.70. The van der Waals surface area contributed by atoms with Crippen molar-refractivity contribution in [3.8, 4) is 0 Å². The summed E-state index contributed by atoms with van der Waals surface area (Å²) in [6.45, 7) is 1.41. The van der Waals surface area contributed by atoms with Crippen molar-refractivity contribution in [2.75, 3.05) is 24.6 Å². The van der Waals surface area contributed by atoms with Crippen molar-refractivity contribution in [3.63, 3.8) is 0 Å². The number of likely N-dealkylation sites (tertiary alicyclic amines) is 1. The summed E-state index contributed by atoms with van der Waals surface area (Å²) < 4.78 is 50.8. The van der Waals surface area contributed by atoms with Crippen molar-refractivity contribution >= 4 is 31.5 Å². The number of sulfone groups is 1. The molecule has 24 heavy (non-hydrogen) atoms. The van der Waals surface area contributed by atoms with Gasteiger partial charge < -0.3 is 0 Å². The summed E-state index contributed by atoms with van der Waals surface area (Å²) >= 11 is 5.98. The van der Waals surface area contributed by atoms with Crippen molar-refractivity contribution in [2.45, 2.75) is 36.2 Å². The molecule has 1 aromatic carbocycles. The zero-order valence-corrected chi connectivity index (χ0v) is 15.6. The first-order valence-electron chi connectivity index (χ1n) is 7.98. The fourth-order valence-electron chi connectivity index (χ4n) is 3.39. The van der Waals surface area contributed by atoms with Gasteiger partial charge in [0.15, 0.2) is 9.84 Å². The quantitative estimate of drug-likeness (QED) is 0.834. The standard InChI is InChI=1S/C15H21ClN2O4S2/c16-14-3-1-2-4-15(14)24(21,22)17-12-5-8-18(9-6-12)13-7-10-23(19,20)11-13/h1-4,12-13,17H,5-11H2/t13-/m0/s1. The minimum atomic E-state index is -3.64. The Hall–Kier alpha value is -0.670. The van der Waals surface area contributed by atoms with Crippen molar-refractivity contribution < 1.29 is 16.8 Å². The zero-order valence-electron chi connectivity index (χ0n) is 13.2. The minimum absolute atomic E-state index is 0.0797. The highest BCUT2D eigenvalue weighted by Gasteiger charge is 2.34. The van der Waals surface area contributed by atoms with E-state index in [1.165, 1.54) is 6.07 Å². The van der Waals surface area contributed by atoms with E-state index in [9.17, 15) is 16.8 Å². The van der Waals surface area contributed by atoms with Crippen LogP contribution < -0.4 is 4.72 Å². The number of benzene rings is 1. The Morgan fingerprint density at radius 1 is 1.12 bits per heavy atom. The van der Waals surface area contributed by atoms with Gasteiger partial charge in [0.2, 0.25) is 10.0 Å². The highest BCUT2D eigenvalue weighted by atomic mass is 35.5. The van der Waals surface area contributed by atoms with Gasteiger partial charge in [0.05, 0.1) is 16.5 Å². The SMILES string of the molecule is O=S1(=O)CC[C@H](N2CCC(NS(=O)(=O)c3ccccc3Cl)CC2)C1. The number of sulfonamides is 1. The molecule has 0 amide bonds. The lowest BCUT2D eigenvalue weighted by atomic mass is 10.0. The monoisotopic (exact) mass is 392 g/mol. The zero-order chi connectivity index (χ0) is 17.4. The van der Waals surface area contributed by atoms with Crippen molar-refractivity contribution in [3.05, 3.63) is 29.3 Å². The first kappa shape index (κ1) is 18.1. The molecule has 0 aliphatic carbocycles. The Morgan fingerprint density at radius 3 is 2.38 bits per heavy atom. The molecule has 0 unspecified atom stereocenters. The molecule has 2 aliphatic rings. The molecule has 134 valence electrons. The van der Waals surface area contributed by atoms with E-state index in [4.69, 9.17) is 11.6 Å². The van der Waals surface area contributed by atoms with Gasteiger partial charge in [0.1, 0.15) is 4.90 Å². The third-order valence-corrected chi connectivity index (χ3v) is 8.47. The molecule has 1 aromatic rings. The van der Waals surface area contributed by atoms with E-state index in [1.807, 2.05) is 0 Å². The highest BCUT2D eigenvalue weighted by Crippen LogP contribution is 2.24. The summed E-state index contributed by atoms with van der Waals surface area (Å²) in [4.78, 5) is 2.26. The molecule has 3 rings (SSSR count). The summed E-state index contributed by atoms with van der Waals surface area (Å²) in [5.74, 6) is 0.486. The van der Waals surface area contributed by atoms with Gasteiger partial charge in [-0.05, 0) is 44.5 Å². The first-order valence-corrected chi connectivity index (χ1v) is 11.7. The summed E-state index contributed by atoms with van der Waals surface area (Å²) in [7, 11) is -6.54. The second-order valence-electron chi connectivity index (χ2n) is 6.42. The number of hydrogen-bond acceptors (Lipinski definition) is 5. The topological polar surface area (TPSA) is 83.6 Å². The number of nitrogens with one attached hydrogen (secondary N) is 1. The van der Waals surface area contributed by atoms with Gasteiger partial charge in [-0.3, -0.25) is 4.90 Å². The molecule has 0 radical (unpaired) electrons. The van der Waals surface area contributed by atoms with Crippen LogP contribution in [0.1, 0.15) is 19.3 Å². The van der Waals surface area contributed by atoms with Crippen LogP contribution in [0.25, 0.3) is 0 Å². The first-order chi connectivity index (χ1) is 11.3. The van der Waals surface area contributed by atoms with Crippen molar-refractivity contribution in [2.24, 2.45) is 0 Å². The van der Waals surface area contributed by atoms with E-state index in [0.29, 0.717) is 32.4 Å². The van der Waals surface area contributed by atoms with Crippen molar-refractivity contribution in [1.29, 1.82) is 0 Å². The third kappa shape index (κ3) is 4.11. The number of rotatable bonds is 4. The van der Waals surface area contributed by atoms with E-state index in [2.05, 4.69) is 9.62 Å². The lowest BCUT2D eigenvalue weighted by molar-refractivity contribution is 0.161. The smallest absolute Gasteiger partial charge is 0.242 e. The predicted octanol–water partition coefficient (Wildman–Crippen LogP) is 1.27. The van der Waals surface area contributed by atoms with E-state index in [-0.39, 0.29) is 33.5 Å². The van der Waals surface area contributed by atoms with E-state index >= 15 is 0 Å². The molecule has 0 bridgehead atoms. The maximum Gasteiger partial charge on any atom is 0.242 e. The summed E-state index contributed by atoms with van der Waals surface area (Å²) in [6, 6.07) is 6.30. The number of piperidine rings is 1. The van der Waals surface area contributed by atoms with Crippen LogP contribution in [-0.2, 0) is 19.9 Å². The van der Waals surface area contributed by atoms with Crippen LogP contribution in [0.5, 0.6) is 0 Å². The number of halogens is 1. The largest absolute Gasteiger partial charge is 0.299 e. The van der Waals surface area contributed by atoms with Crippen molar-refractivity contribution in [1.82, 2.24) is 9.62 Å². The molecular weight excluding hydrogens is 372 g/mol. The van der Waals surface area contributed by atoms with Gasteiger partial charge in [-0.15, -0.1) is 0 Å². The molecule has 2 aliphatic heterocycles. The molecule has 2 fully saturated rings. The molecular formula is C15H21ClN2O4S2. The van der Waals surface area contributed by atoms with Crippen LogP contribution in [0.4, 0.5) is 0 Å². The van der Waals surface area contributed by atoms with Gasteiger partial charge in [-0.25, -0.2) is 21.6 Å². The van der Waals surface area contributed by atoms with Crippen LogP contribution in [-0.4, -0.2) is 58.4 Å². The summed E-state index contributed by atoms with van der Waals surface area (Å²) in [5, 5.41) is 0.207.